The van der Waals surface area contributed by atoms with E-state index in [9.17, 15) is 17.6 Å². The number of halogens is 6. The van der Waals surface area contributed by atoms with Gasteiger partial charge in [0.1, 0.15) is 23.3 Å². The highest BCUT2D eigenvalue weighted by Crippen LogP contribution is 2.35. The largest absolute Gasteiger partial charge is 0.207 e. The van der Waals surface area contributed by atoms with E-state index < -0.39 is 33.7 Å². The van der Waals surface area contributed by atoms with Crippen molar-refractivity contribution in [2.75, 3.05) is 0 Å². The Morgan fingerprint density at radius 2 is 1.30 bits per heavy atom. The van der Waals surface area contributed by atoms with Gasteiger partial charge in [-0.25, -0.2) is 17.6 Å². The van der Waals surface area contributed by atoms with Crippen LogP contribution >= 0.6 is 23.2 Å². The van der Waals surface area contributed by atoms with Crippen molar-refractivity contribution >= 4 is 23.2 Å². The van der Waals surface area contributed by atoms with Crippen molar-refractivity contribution in [3.63, 3.8) is 0 Å². The number of hydrogen-bond donors (Lipinski definition) is 0. The zero-order chi connectivity index (χ0) is 15.0. The Labute approximate surface area is 122 Å². The molecule has 106 valence electrons. The average Bonchev–Trinajstić information content (AvgIpc) is 2.37. The summed E-state index contributed by atoms with van der Waals surface area (Å²) in [7, 11) is 0. The summed E-state index contributed by atoms with van der Waals surface area (Å²) in [5.74, 6) is -3.25. The van der Waals surface area contributed by atoms with Gasteiger partial charge in [-0.1, -0.05) is 11.6 Å². The minimum atomic E-state index is -1.36. The topological polar surface area (TPSA) is 0 Å². The first kappa shape index (κ1) is 15.1. The summed E-state index contributed by atoms with van der Waals surface area (Å²) < 4.78 is 54.3. The molecule has 1 unspecified atom stereocenters. The fourth-order valence-corrected chi connectivity index (χ4v) is 2.24. The molecule has 0 saturated carbocycles. The van der Waals surface area contributed by atoms with Gasteiger partial charge in [-0.05, 0) is 36.8 Å². The summed E-state index contributed by atoms with van der Waals surface area (Å²) in [5.41, 5.74) is -0.482. The van der Waals surface area contributed by atoms with Crippen LogP contribution in [-0.2, 0) is 0 Å². The summed E-state index contributed by atoms with van der Waals surface area (Å²) in [4.78, 5) is 0. The molecule has 20 heavy (non-hydrogen) atoms. The van der Waals surface area contributed by atoms with E-state index in [-0.39, 0.29) is 16.7 Å². The Morgan fingerprint density at radius 1 is 0.800 bits per heavy atom. The van der Waals surface area contributed by atoms with Gasteiger partial charge >= 0.3 is 0 Å². The Bertz CT molecular complexity index is 613. The molecule has 0 spiro atoms. The molecule has 0 N–H and O–H groups in total. The Morgan fingerprint density at radius 3 is 1.90 bits per heavy atom. The zero-order valence-electron chi connectivity index (χ0n) is 10.2. The van der Waals surface area contributed by atoms with E-state index in [4.69, 9.17) is 23.2 Å². The summed E-state index contributed by atoms with van der Waals surface area (Å²) >= 11 is 11.4. The van der Waals surface area contributed by atoms with Gasteiger partial charge in [-0.2, -0.15) is 0 Å². The van der Waals surface area contributed by atoms with Gasteiger partial charge < -0.3 is 0 Å². The summed E-state index contributed by atoms with van der Waals surface area (Å²) in [6, 6.07) is 3.33. The van der Waals surface area contributed by atoms with Crippen molar-refractivity contribution in [2.24, 2.45) is 0 Å². The highest BCUT2D eigenvalue weighted by molar-refractivity contribution is 6.30. The third-order valence-electron chi connectivity index (χ3n) is 2.86. The maximum Gasteiger partial charge on any atom is 0.142 e. The predicted octanol–water partition coefficient (Wildman–Crippen LogP) is 5.53. The number of rotatable bonds is 2. The minimum Gasteiger partial charge on any atom is -0.207 e. The molecule has 0 amide bonds. The first-order valence-corrected chi connectivity index (χ1v) is 6.36. The summed E-state index contributed by atoms with van der Waals surface area (Å²) in [6.07, 6.45) is 0. The number of benzene rings is 2. The second-order valence-electron chi connectivity index (χ2n) is 4.27. The van der Waals surface area contributed by atoms with Gasteiger partial charge in [0.25, 0.3) is 0 Å². The molecule has 0 fully saturated rings. The normalized spacial score (nSPS) is 12.6. The van der Waals surface area contributed by atoms with Crippen LogP contribution in [0.5, 0.6) is 0 Å². The second kappa shape index (κ2) is 5.62. The van der Waals surface area contributed by atoms with Gasteiger partial charge in [0.15, 0.2) is 0 Å². The molecular weight excluding hydrogens is 315 g/mol. The molecule has 0 heterocycles. The maximum absolute atomic E-state index is 13.8. The first-order valence-electron chi connectivity index (χ1n) is 5.55. The molecule has 0 aliphatic heterocycles. The van der Waals surface area contributed by atoms with Crippen LogP contribution in [0.4, 0.5) is 17.6 Å². The Hall–Kier alpha value is -1.26. The highest BCUT2D eigenvalue weighted by atomic mass is 35.5. The molecule has 0 saturated heterocycles. The van der Waals surface area contributed by atoms with E-state index in [0.717, 1.165) is 24.3 Å². The smallest absolute Gasteiger partial charge is 0.142 e. The van der Waals surface area contributed by atoms with Crippen molar-refractivity contribution in [3.8, 4) is 0 Å². The molecule has 0 aliphatic carbocycles. The highest BCUT2D eigenvalue weighted by Gasteiger charge is 2.22. The van der Waals surface area contributed by atoms with Crippen LogP contribution in [0.25, 0.3) is 0 Å². The quantitative estimate of drug-likeness (QED) is 0.387. The van der Waals surface area contributed by atoms with Crippen LogP contribution in [0.3, 0.4) is 0 Å². The molecule has 0 nitrogen and oxygen atoms in total. The first-order chi connectivity index (χ1) is 9.31. The van der Waals surface area contributed by atoms with E-state index in [1.807, 2.05) is 0 Å². The monoisotopic (exact) mass is 322 g/mol. The lowest BCUT2D eigenvalue weighted by molar-refractivity contribution is 0.569. The molecule has 0 aliphatic rings. The van der Waals surface area contributed by atoms with E-state index in [2.05, 4.69) is 0 Å². The molecule has 0 aromatic heterocycles. The van der Waals surface area contributed by atoms with Crippen molar-refractivity contribution in [1.82, 2.24) is 0 Å². The van der Waals surface area contributed by atoms with Crippen molar-refractivity contribution in [3.05, 3.63) is 69.2 Å². The number of hydrogen-bond acceptors (Lipinski definition) is 0. The Balaban J connectivity index is 2.54. The lowest BCUT2D eigenvalue weighted by Crippen LogP contribution is -2.03. The molecule has 1 atom stereocenters. The maximum atomic E-state index is 13.8. The van der Waals surface area contributed by atoms with Crippen LogP contribution in [0.1, 0.15) is 22.1 Å². The lowest BCUT2D eigenvalue weighted by atomic mass is 10.0. The molecule has 0 bridgehead atoms. The van der Waals surface area contributed by atoms with Crippen LogP contribution in [0, 0.1) is 30.2 Å². The molecule has 2 rings (SSSR count). The van der Waals surface area contributed by atoms with E-state index in [1.165, 1.54) is 6.92 Å². The van der Waals surface area contributed by atoms with Crippen LogP contribution in [0.2, 0.25) is 5.02 Å². The van der Waals surface area contributed by atoms with Crippen molar-refractivity contribution in [1.29, 1.82) is 0 Å². The fourth-order valence-electron chi connectivity index (χ4n) is 1.76. The standard InChI is InChI=1S/C14H8Cl2F4/c1-6-2-11(18)7(3-10(6)17)14(16)8-4-13(20)9(15)5-12(8)19/h2-5,14H,1H3. The molecule has 2 aromatic rings. The van der Waals surface area contributed by atoms with Crippen molar-refractivity contribution in [2.45, 2.75) is 12.3 Å². The minimum absolute atomic E-state index is 0.0953. The van der Waals surface area contributed by atoms with E-state index in [0.29, 0.717) is 0 Å². The van der Waals surface area contributed by atoms with Crippen LogP contribution < -0.4 is 0 Å². The van der Waals surface area contributed by atoms with Gasteiger partial charge in [0.05, 0.1) is 10.4 Å². The predicted molar refractivity (Wildman–Crippen MR) is 70.2 cm³/mol. The molecule has 2 aromatic carbocycles. The third kappa shape index (κ3) is 2.76. The fraction of sp³-hybridized carbons (Fsp3) is 0.143. The lowest BCUT2D eigenvalue weighted by Gasteiger charge is -2.14. The van der Waals surface area contributed by atoms with E-state index in [1.54, 1.807) is 0 Å². The Kier molecular flexibility index (Phi) is 4.25. The van der Waals surface area contributed by atoms with Crippen molar-refractivity contribution < 1.29 is 17.6 Å². The zero-order valence-corrected chi connectivity index (χ0v) is 11.7. The van der Waals surface area contributed by atoms with E-state index >= 15 is 0 Å². The van der Waals surface area contributed by atoms with Crippen LogP contribution in [-0.4, -0.2) is 0 Å². The second-order valence-corrected chi connectivity index (χ2v) is 5.12. The van der Waals surface area contributed by atoms with Gasteiger partial charge in [0, 0.05) is 11.1 Å². The molecular formula is C14H8Cl2F4. The SMILES string of the molecule is Cc1cc(F)c(C(Cl)c2cc(F)c(Cl)cc2F)cc1F. The van der Waals surface area contributed by atoms with Gasteiger partial charge in [-0.3, -0.25) is 0 Å². The van der Waals surface area contributed by atoms with Gasteiger partial charge in [0.2, 0.25) is 0 Å². The summed E-state index contributed by atoms with van der Waals surface area (Å²) in [6.45, 7) is 1.38. The summed E-state index contributed by atoms with van der Waals surface area (Å²) in [5, 5.41) is -1.78. The number of alkyl halides is 1. The van der Waals surface area contributed by atoms with Gasteiger partial charge in [-0.15, -0.1) is 11.6 Å². The molecule has 6 heteroatoms. The van der Waals surface area contributed by atoms with Crippen LogP contribution in [0.15, 0.2) is 24.3 Å². The molecule has 0 radical (unpaired) electrons. The third-order valence-corrected chi connectivity index (χ3v) is 3.62. The number of aryl methyl sites for hydroxylation is 1. The average molecular weight is 323 g/mol.